The summed E-state index contributed by atoms with van der Waals surface area (Å²) < 4.78 is 16.1. The van der Waals surface area contributed by atoms with Crippen molar-refractivity contribution >= 4 is 5.96 Å². The highest BCUT2D eigenvalue weighted by Gasteiger charge is 2.17. The smallest absolute Gasteiger partial charge is 0.231 e. The minimum absolute atomic E-state index is 0.264. The second kappa shape index (κ2) is 7.25. The average Bonchev–Trinajstić information content (AvgIpc) is 3.18. The van der Waals surface area contributed by atoms with Crippen molar-refractivity contribution in [2.24, 2.45) is 4.99 Å². The number of aryl methyl sites for hydroxylation is 2. The maximum absolute atomic E-state index is 5.52. The summed E-state index contributed by atoms with van der Waals surface area (Å²) in [5, 5.41) is 10.5. The van der Waals surface area contributed by atoms with Crippen molar-refractivity contribution in [1.82, 2.24) is 15.8 Å². The molecule has 1 aromatic heterocycles. The molecule has 2 N–H and O–H groups in total. The van der Waals surface area contributed by atoms with Gasteiger partial charge in [-0.1, -0.05) is 17.3 Å². The van der Waals surface area contributed by atoms with Crippen LogP contribution in [0.15, 0.2) is 27.7 Å². The van der Waals surface area contributed by atoms with E-state index in [9.17, 15) is 0 Å². The number of hydrogen-bond acceptors (Lipinski definition) is 5. The van der Waals surface area contributed by atoms with Crippen molar-refractivity contribution in [3.05, 3.63) is 40.8 Å². The summed E-state index contributed by atoms with van der Waals surface area (Å²) in [5.41, 5.74) is 2.94. The van der Waals surface area contributed by atoms with E-state index >= 15 is 0 Å². The van der Waals surface area contributed by atoms with Crippen LogP contribution < -0.4 is 20.1 Å². The summed E-state index contributed by atoms with van der Waals surface area (Å²) in [6.07, 6.45) is 0. The van der Waals surface area contributed by atoms with E-state index < -0.39 is 0 Å². The highest BCUT2D eigenvalue weighted by atomic mass is 16.7. The third kappa shape index (κ3) is 3.45. The van der Waals surface area contributed by atoms with Gasteiger partial charge in [-0.2, -0.15) is 0 Å². The molecular formula is C17H22N4O3. The molecule has 0 radical (unpaired) electrons. The summed E-state index contributed by atoms with van der Waals surface area (Å²) >= 11 is 0. The number of guanidine groups is 1. The summed E-state index contributed by atoms with van der Waals surface area (Å²) in [7, 11) is 0. The Morgan fingerprint density at radius 2 is 2.12 bits per heavy atom. The monoisotopic (exact) mass is 330 g/mol. The van der Waals surface area contributed by atoms with Gasteiger partial charge < -0.3 is 24.6 Å². The Hall–Kier alpha value is -2.70. The van der Waals surface area contributed by atoms with Gasteiger partial charge in [0.25, 0.3) is 0 Å². The largest absolute Gasteiger partial charge is 0.454 e. The van der Waals surface area contributed by atoms with Crippen molar-refractivity contribution in [1.29, 1.82) is 0 Å². The zero-order valence-electron chi connectivity index (χ0n) is 14.2. The highest BCUT2D eigenvalue weighted by molar-refractivity contribution is 5.79. The topological polar surface area (TPSA) is 80.9 Å². The first-order chi connectivity index (χ1) is 11.7. The number of nitrogens with one attached hydrogen (secondary N) is 2. The molecule has 0 bridgehead atoms. The fourth-order valence-electron chi connectivity index (χ4n) is 2.55. The summed E-state index contributed by atoms with van der Waals surface area (Å²) in [6, 6.07) is 5.84. The minimum atomic E-state index is 0.264. The number of aliphatic imine (C=N–C) groups is 1. The molecule has 0 saturated carbocycles. The molecule has 3 rings (SSSR count). The molecular weight excluding hydrogens is 308 g/mol. The molecule has 24 heavy (non-hydrogen) atoms. The van der Waals surface area contributed by atoms with Crippen LogP contribution in [0, 0.1) is 13.8 Å². The van der Waals surface area contributed by atoms with E-state index in [4.69, 9.17) is 14.0 Å². The fourth-order valence-corrected chi connectivity index (χ4v) is 2.55. The van der Waals surface area contributed by atoms with Gasteiger partial charge >= 0.3 is 0 Å². The van der Waals surface area contributed by atoms with E-state index in [1.165, 1.54) is 0 Å². The van der Waals surface area contributed by atoms with Crippen LogP contribution in [0.3, 0.4) is 0 Å². The van der Waals surface area contributed by atoms with Gasteiger partial charge in [-0.15, -0.1) is 0 Å². The van der Waals surface area contributed by atoms with Gasteiger partial charge in [0.2, 0.25) is 6.79 Å². The van der Waals surface area contributed by atoms with Crippen LogP contribution in [0.25, 0.3) is 0 Å². The first kappa shape index (κ1) is 16.2. The molecule has 1 aromatic carbocycles. The van der Waals surface area contributed by atoms with Crippen molar-refractivity contribution in [2.45, 2.75) is 33.9 Å². The first-order valence-corrected chi connectivity index (χ1v) is 8.00. The minimum Gasteiger partial charge on any atom is -0.454 e. The second-order valence-electron chi connectivity index (χ2n) is 5.50. The van der Waals surface area contributed by atoms with Crippen molar-refractivity contribution < 1.29 is 14.0 Å². The number of rotatable bonds is 5. The summed E-state index contributed by atoms with van der Waals surface area (Å²) in [5.74, 6) is 3.11. The van der Waals surface area contributed by atoms with Crippen LogP contribution in [0.2, 0.25) is 0 Å². The van der Waals surface area contributed by atoms with Crippen molar-refractivity contribution in [3.8, 4) is 11.5 Å². The van der Waals surface area contributed by atoms with Crippen molar-refractivity contribution in [2.75, 3.05) is 13.3 Å². The molecule has 0 aliphatic carbocycles. The Morgan fingerprint density at radius 1 is 1.25 bits per heavy atom. The highest BCUT2D eigenvalue weighted by Crippen LogP contribution is 2.35. The average molecular weight is 330 g/mol. The van der Waals surface area contributed by atoms with Crippen LogP contribution in [0.4, 0.5) is 0 Å². The lowest BCUT2D eigenvalue weighted by molar-refractivity contribution is 0.173. The van der Waals surface area contributed by atoms with Crippen molar-refractivity contribution in [3.63, 3.8) is 0 Å². The molecule has 0 amide bonds. The molecule has 0 saturated heterocycles. The Bertz CT molecular complexity index is 720. The lowest BCUT2D eigenvalue weighted by Gasteiger charge is -2.11. The van der Waals surface area contributed by atoms with Gasteiger partial charge in [0.05, 0.1) is 12.2 Å². The number of para-hydroxylation sites is 1. The fraction of sp³-hybridized carbons (Fsp3) is 0.412. The van der Waals surface area contributed by atoms with E-state index in [-0.39, 0.29) is 6.79 Å². The number of nitrogens with zero attached hydrogens (tertiary/aromatic N) is 2. The van der Waals surface area contributed by atoms with E-state index in [1.54, 1.807) is 0 Å². The SMILES string of the molecule is CCNC(=NCc1cccc2c1OCO2)NCc1c(C)noc1C. The lowest BCUT2D eigenvalue weighted by atomic mass is 10.2. The third-order valence-electron chi connectivity index (χ3n) is 3.84. The zero-order valence-corrected chi connectivity index (χ0v) is 14.2. The molecule has 1 aliphatic rings. The Labute approximate surface area is 141 Å². The quantitative estimate of drug-likeness (QED) is 0.647. The van der Waals surface area contributed by atoms with Crippen LogP contribution in [0.1, 0.15) is 29.5 Å². The first-order valence-electron chi connectivity index (χ1n) is 8.00. The van der Waals surface area contributed by atoms with Crippen LogP contribution in [-0.2, 0) is 13.1 Å². The number of fused-ring (bicyclic) bond motifs is 1. The predicted molar refractivity (Wildman–Crippen MR) is 90.2 cm³/mol. The molecule has 0 unspecified atom stereocenters. The number of ether oxygens (including phenoxy) is 2. The molecule has 128 valence electrons. The number of aromatic nitrogens is 1. The standard InChI is InChI=1S/C17H22N4O3/c1-4-18-17(20-9-14-11(2)21-24-12(14)3)19-8-13-6-5-7-15-16(13)23-10-22-15/h5-7H,4,8-10H2,1-3H3,(H2,18,19,20). The Morgan fingerprint density at radius 3 is 2.88 bits per heavy atom. The summed E-state index contributed by atoms with van der Waals surface area (Å²) in [6.45, 7) is 8.03. The predicted octanol–water partition coefficient (Wildman–Crippen LogP) is 2.28. The van der Waals surface area contributed by atoms with Crippen LogP contribution in [-0.4, -0.2) is 24.5 Å². The van der Waals surface area contributed by atoms with E-state index in [0.717, 1.165) is 46.6 Å². The second-order valence-corrected chi connectivity index (χ2v) is 5.50. The van der Waals surface area contributed by atoms with Gasteiger partial charge in [-0.05, 0) is 26.8 Å². The lowest BCUT2D eigenvalue weighted by Crippen LogP contribution is -2.37. The molecule has 0 fully saturated rings. The summed E-state index contributed by atoms with van der Waals surface area (Å²) in [4.78, 5) is 4.63. The van der Waals surface area contributed by atoms with E-state index in [1.807, 2.05) is 39.0 Å². The molecule has 0 atom stereocenters. The van der Waals surface area contributed by atoms with Gasteiger partial charge in [-0.3, -0.25) is 0 Å². The molecule has 0 spiro atoms. The molecule has 2 aromatic rings. The van der Waals surface area contributed by atoms with E-state index in [0.29, 0.717) is 13.1 Å². The van der Waals surface area contributed by atoms with Gasteiger partial charge in [0, 0.05) is 24.2 Å². The molecule has 1 aliphatic heterocycles. The Kier molecular flexibility index (Phi) is 4.88. The molecule has 7 nitrogen and oxygen atoms in total. The number of benzene rings is 1. The number of hydrogen-bond donors (Lipinski definition) is 2. The van der Waals surface area contributed by atoms with Gasteiger partial charge in [0.15, 0.2) is 17.5 Å². The maximum atomic E-state index is 5.52. The molecule has 7 heteroatoms. The third-order valence-corrected chi connectivity index (χ3v) is 3.84. The van der Waals surface area contributed by atoms with Gasteiger partial charge in [-0.25, -0.2) is 4.99 Å². The normalized spacial score (nSPS) is 13.2. The van der Waals surface area contributed by atoms with Crippen LogP contribution in [0.5, 0.6) is 11.5 Å². The zero-order chi connectivity index (χ0) is 16.9. The molecule has 2 heterocycles. The van der Waals surface area contributed by atoms with E-state index in [2.05, 4.69) is 20.8 Å². The van der Waals surface area contributed by atoms with Crippen LogP contribution >= 0.6 is 0 Å². The van der Waals surface area contributed by atoms with Gasteiger partial charge in [0.1, 0.15) is 5.76 Å². The maximum Gasteiger partial charge on any atom is 0.231 e. The Balaban J connectivity index is 1.69.